The molecule has 0 radical (unpaired) electrons. The Morgan fingerprint density at radius 2 is 2.18 bits per heavy atom. The molecule has 0 bridgehead atoms. The third kappa shape index (κ3) is 2.67. The van der Waals surface area contributed by atoms with Gasteiger partial charge in [0, 0.05) is 7.05 Å². The minimum Gasteiger partial charge on any atom is -0.331 e. The molecule has 2 rings (SSSR count). The molecule has 0 aliphatic heterocycles. The van der Waals surface area contributed by atoms with E-state index in [0.717, 1.165) is 30.9 Å². The van der Waals surface area contributed by atoms with Crippen LogP contribution in [-0.2, 0) is 13.5 Å². The molecular weight excluding hydrogens is 210 g/mol. The highest BCUT2D eigenvalue weighted by molar-refractivity contribution is 5.76. The van der Waals surface area contributed by atoms with E-state index < -0.39 is 0 Å². The first-order valence-electron chi connectivity index (χ1n) is 6.35. The molecule has 0 saturated carbocycles. The molecule has 1 heterocycles. The highest BCUT2D eigenvalue weighted by atomic mass is 15.0. The molecule has 17 heavy (non-hydrogen) atoms. The van der Waals surface area contributed by atoms with Crippen molar-refractivity contribution in [2.24, 2.45) is 7.05 Å². The van der Waals surface area contributed by atoms with Gasteiger partial charge in [0.1, 0.15) is 5.82 Å². The minimum absolute atomic E-state index is 1.05. The van der Waals surface area contributed by atoms with Crippen molar-refractivity contribution >= 4 is 11.0 Å². The molecule has 0 aliphatic carbocycles. The summed E-state index contributed by atoms with van der Waals surface area (Å²) in [6.45, 7) is 6.34. The Balaban J connectivity index is 2.09. The van der Waals surface area contributed by atoms with Crippen LogP contribution >= 0.6 is 0 Å². The van der Waals surface area contributed by atoms with E-state index in [9.17, 15) is 0 Å². The van der Waals surface area contributed by atoms with E-state index in [1.807, 2.05) is 6.92 Å². The molecule has 0 saturated heterocycles. The lowest BCUT2D eigenvalue weighted by molar-refractivity contribution is 0.673. The van der Waals surface area contributed by atoms with Crippen LogP contribution in [0.1, 0.15) is 24.7 Å². The molecule has 3 heteroatoms. The van der Waals surface area contributed by atoms with Crippen molar-refractivity contribution < 1.29 is 0 Å². The van der Waals surface area contributed by atoms with E-state index in [0.29, 0.717) is 0 Å². The number of nitrogens with zero attached hydrogens (tertiary/aromatic N) is 2. The number of hydrogen-bond donors (Lipinski definition) is 1. The summed E-state index contributed by atoms with van der Waals surface area (Å²) in [6.07, 6.45) is 2.31. The Kier molecular flexibility index (Phi) is 3.79. The molecule has 0 fully saturated rings. The molecular formula is C14H21N3. The predicted molar refractivity (Wildman–Crippen MR) is 72.3 cm³/mol. The molecule has 1 aromatic heterocycles. The number of imidazole rings is 1. The van der Waals surface area contributed by atoms with Gasteiger partial charge in [0.25, 0.3) is 0 Å². The van der Waals surface area contributed by atoms with E-state index >= 15 is 0 Å². The van der Waals surface area contributed by atoms with Crippen LogP contribution in [0.5, 0.6) is 0 Å². The maximum atomic E-state index is 4.57. The summed E-state index contributed by atoms with van der Waals surface area (Å²) < 4.78 is 2.14. The normalized spacial score (nSPS) is 11.2. The summed E-state index contributed by atoms with van der Waals surface area (Å²) in [5, 5.41) is 3.35. The first-order chi connectivity index (χ1) is 8.22. The van der Waals surface area contributed by atoms with Gasteiger partial charge in [0.05, 0.1) is 11.0 Å². The number of rotatable bonds is 5. The van der Waals surface area contributed by atoms with Crippen LogP contribution in [0.3, 0.4) is 0 Å². The Bertz CT molecular complexity index is 499. The number of fused-ring (bicyclic) bond motifs is 1. The fourth-order valence-corrected chi connectivity index (χ4v) is 2.12. The Hall–Kier alpha value is -1.35. The smallest absolute Gasteiger partial charge is 0.106 e. The molecule has 3 nitrogen and oxygen atoms in total. The van der Waals surface area contributed by atoms with Crippen LogP contribution in [0.4, 0.5) is 0 Å². The number of benzene rings is 1. The lowest BCUT2D eigenvalue weighted by Crippen LogP contribution is -2.14. The zero-order valence-corrected chi connectivity index (χ0v) is 11.0. The quantitative estimate of drug-likeness (QED) is 0.801. The molecule has 0 amide bonds. The molecule has 0 spiro atoms. The second kappa shape index (κ2) is 5.32. The fraction of sp³-hybridized carbons (Fsp3) is 0.500. The van der Waals surface area contributed by atoms with Gasteiger partial charge in [-0.05, 0) is 50.6 Å². The van der Waals surface area contributed by atoms with Crippen LogP contribution in [0.2, 0.25) is 0 Å². The van der Waals surface area contributed by atoms with Crippen LogP contribution in [0, 0.1) is 6.92 Å². The average Bonchev–Trinajstić information content (AvgIpc) is 2.61. The van der Waals surface area contributed by atoms with E-state index in [1.165, 1.54) is 17.5 Å². The Labute approximate surface area is 103 Å². The van der Waals surface area contributed by atoms with Crippen molar-refractivity contribution in [3.05, 3.63) is 29.6 Å². The second-order valence-electron chi connectivity index (χ2n) is 4.50. The van der Waals surface area contributed by atoms with Gasteiger partial charge in [-0.3, -0.25) is 0 Å². The van der Waals surface area contributed by atoms with E-state index in [4.69, 9.17) is 0 Å². The lowest BCUT2D eigenvalue weighted by atomic mass is 10.1. The SMILES string of the molecule is CCNCCCc1ccc2c(c1)nc(C)n2C. The summed E-state index contributed by atoms with van der Waals surface area (Å²) in [4.78, 5) is 4.57. The molecule has 0 aliphatic rings. The summed E-state index contributed by atoms with van der Waals surface area (Å²) in [7, 11) is 2.06. The molecule has 92 valence electrons. The van der Waals surface area contributed by atoms with Gasteiger partial charge in [0.15, 0.2) is 0 Å². The number of hydrogen-bond acceptors (Lipinski definition) is 2. The van der Waals surface area contributed by atoms with Crippen LogP contribution < -0.4 is 5.32 Å². The van der Waals surface area contributed by atoms with Crippen LogP contribution in [0.15, 0.2) is 18.2 Å². The summed E-state index contributed by atoms with van der Waals surface area (Å²) in [5.41, 5.74) is 3.72. The summed E-state index contributed by atoms with van der Waals surface area (Å²) in [5.74, 6) is 1.07. The second-order valence-corrected chi connectivity index (χ2v) is 4.50. The average molecular weight is 231 g/mol. The Morgan fingerprint density at radius 3 is 2.94 bits per heavy atom. The molecule has 1 N–H and O–H groups in total. The van der Waals surface area contributed by atoms with E-state index in [1.54, 1.807) is 0 Å². The fourth-order valence-electron chi connectivity index (χ4n) is 2.12. The third-order valence-electron chi connectivity index (χ3n) is 3.24. The van der Waals surface area contributed by atoms with Crippen molar-refractivity contribution in [1.29, 1.82) is 0 Å². The van der Waals surface area contributed by atoms with Gasteiger partial charge in [-0.25, -0.2) is 4.98 Å². The van der Waals surface area contributed by atoms with Gasteiger partial charge in [-0.15, -0.1) is 0 Å². The maximum Gasteiger partial charge on any atom is 0.106 e. The van der Waals surface area contributed by atoms with Crippen molar-refractivity contribution in [3.8, 4) is 0 Å². The lowest BCUT2D eigenvalue weighted by Gasteiger charge is -2.03. The van der Waals surface area contributed by atoms with Gasteiger partial charge in [-0.1, -0.05) is 13.0 Å². The molecule has 2 aromatic rings. The Morgan fingerprint density at radius 1 is 1.35 bits per heavy atom. The van der Waals surface area contributed by atoms with Crippen LogP contribution in [0.25, 0.3) is 11.0 Å². The highest BCUT2D eigenvalue weighted by Crippen LogP contribution is 2.17. The van der Waals surface area contributed by atoms with Crippen molar-refractivity contribution in [2.75, 3.05) is 13.1 Å². The summed E-state index contributed by atoms with van der Waals surface area (Å²) >= 11 is 0. The topological polar surface area (TPSA) is 29.9 Å². The largest absolute Gasteiger partial charge is 0.331 e. The number of aromatic nitrogens is 2. The zero-order chi connectivity index (χ0) is 12.3. The van der Waals surface area contributed by atoms with Crippen LogP contribution in [-0.4, -0.2) is 22.6 Å². The van der Waals surface area contributed by atoms with Gasteiger partial charge in [-0.2, -0.15) is 0 Å². The monoisotopic (exact) mass is 231 g/mol. The van der Waals surface area contributed by atoms with Gasteiger partial charge >= 0.3 is 0 Å². The van der Waals surface area contributed by atoms with Gasteiger partial charge < -0.3 is 9.88 Å². The van der Waals surface area contributed by atoms with Crippen molar-refractivity contribution in [3.63, 3.8) is 0 Å². The van der Waals surface area contributed by atoms with E-state index in [2.05, 4.69) is 47.0 Å². The minimum atomic E-state index is 1.05. The van der Waals surface area contributed by atoms with Gasteiger partial charge in [0.2, 0.25) is 0 Å². The standard InChI is InChI=1S/C14H21N3/c1-4-15-9-5-6-12-7-8-14-13(10-12)16-11(2)17(14)3/h7-8,10,15H,4-6,9H2,1-3H3. The van der Waals surface area contributed by atoms with Crippen molar-refractivity contribution in [2.45, 2.75) is 26.7 Å². The first-order valence-corrected chi connectivity index (χ1v) is 6.35. The molecule has 1 aromatic carbocycles. The molecule has 0 unspecified atom stereocenters. The highest BCUT2D eigenvalue weighted by Gasteiger charge is 2.04. The molecule has 0 atom stereocenters. The number of aryl methyl sites for hydroxylation is 3. The predicted octanol–water partition coefficient (Wildman–Crippen LogP) is 2.42. The maximum absolute atomic E-state index is 4.57. The van der Waals surface area contributed by atoms with Crippen molar-refractivity contribution in [1.82, 2.24) is 14.9 Å². The first kappa shape index (κ1) is 12.1. The third-order valence-corrected chi connectivity index (χ3v) is 3.24. The number of nitrogens with one attached hydrogen (secondary N) is 1. The summed E-state index contributed by atoms with van der Waals surface area (Å²) in [6, 6.07) is 6.61. The van der Waals surface area contributed by atoms with E-state index in [-0.39, 0.29) is 0 Å². The zero-order valence-electron chi connectivity index (χ0n) is 11.0.